The highest BCUT2D eigenvalue weighted by Crippen LogP contribution is 2.06. The van der Waals surface area contributed by atoms with Gasteiger partial charge in [0.05, 0.1) is 24.6 Å². The summed E-state index contributed by atoms with van der Waals surface area (Å²) in [6, 6.07) is 0. The van der Waals surface area contributed by atoms with Crippen LogP contribution in [0.5, 0.6) is 0 Å². The van der Waals surface area contributed by atoms with Crippen LogP contribution in [0.25, 0.3) is 0 Å². The van der Waals surface area contributed by atoms with Crippen molar-refractivity contribution >= 4 is 5.95 Å². The molecule has 0 fully saturated rings. The predicted molar refractivity (Wildman–Crippen MR) is 47.5 cm³/mol. The van der Waals surface area contributed by atoms with Crippen molar-refractivity contribution in [3.05, 3.63) is 11.9 Å². The minimum absolute atomic E-state index is 0.237. The van der Waals surface area contributed by atoms with Crippen molar-refractivity contribution < 1.29 is 4.74 Å². The topological polar surface area (TPSA) is 53.1 Å². The summed E-state index contributed by atoms with van der Waals surface area (Å²) in [6.07, 6.45) is 1.97. The third kappa shape index (κ3) is 1.98. The van der Waals surface area contributed by atoms with Gasteiger partial charge in [-0.2, -0.15) is 0 Å². The molecule has 0 saturated heterocycles. The molecule has 0 saturated carbocycles. The normalized spacial score (nSPS) is 11.0. The van der Waals surface area contributed by atoms with Gasteiger partial charge in [-0.05, 0) is 13.8 Å². The molecule has 0 aliphatic heterocycles. The van der Waals surface area contributed by atoms with E-state index < -0.39 is 0 Å². The lowest BCUT2D eigenvalue weighted by molar-refractivity contribution is 0.0623. The van der Waals surface area contributed by atoms with Crippen LogP contribution in [0.2, 0.25) is 0 Å². The van der Waals surface area contributed by atoms with Crippen LogP contribution < -0.4 is 5.73 Å². The number of rotatable bonds is 3. The first-order valence-corrected chi connectivity index (χ1v) is 3.99. The SMILES string of the molecule is CC(C)OCc1cnc(N)n1C. The van der Waals surface area contributed by atoms with Crippen LogP contribution >= 0.6 is 0 Å². The number of nitrogens with two attached hydrogens (primary N) is 1. The smallest absolute Gasteiger partial charge is 0.200 e. The van der Waals surface area contributed by atoms with Gasteiger partial charge in [-0.1, -0.05) is 0 Å². The maximum atomic E-state index is 5.54. The molecule has 0 atom stereocenters. The molecule has 12 heavy (non-hydrogen) atoms. The second-order valence-corrected chi connectivity index (χ2v) is 3.03. The van der Waals surface area contributed by atoms with E-state index in [4.69, 9.17) is 10.5 Å². The lowest BCUT2D eigenvalue weighted by atomic mass is 10.4. The highest BCUT2D eigenvalue weighted by Gasteiger charge is 2.03. The highest BCUT2D eigenvalue weighted by atomic mass is 16.5. The summed E-state index contributed by atoms with van der Waals surface area (Å²) in [7, 11) is 1.88. The van der Waals surface area contributed by atoms with E-state index in [1.165, 1.54) is 0 Å². The molecule has 0 aliphatic carbocycles. The Morgan fingerprint density at radius 1 is 1.67 bits per heavy atom. The minimum Gasteiger partial charge on any atom is -0.373 e. The van der Waals surface area contributed by atoms with Crippen LogP contribution in [0.4, 0.5) is 5.95 Å². The zero-order valence-corrected chi connectivity index (χ0v) is 7.74. The first-order valence-electron chi connectivity index (χ1n) is 3.99. The summed E-state index contributed by atoms with van der Waals surface area (Å²) < 4.78 is 7.23. The summed E-state index contributed by atoms with van der Waals surface area (Å²) in [5.41, 5.74) is 6.54. The Kier molecular flexibility index (Phi) is 2.70. The molecule has 68 valence electrons. The van der Waals surface area contributed by atoms with Crippen LogP contribution in [-0.2, 0) is 18.4 Å². The molecule has 4 nitrogen and oxygen atoms in total. The number of anilines is 1. The average Bonchev–Trinajstić information content (AvgIpc) is 2.30. The molecule has 4 heteroatoms. The number of hydrogen-bond donors (Lipinski definition) is 1. The van der Waals surface area contributed by atoms with E-state index in [2.05, 4.69) is 4.98 Å². The first kappa shape index (κ1) is 9.06. The molecule has 1 rings (SSSR count). The number of aromatic nitrogens is 2. The van der Waals surface area contributed by atoms with Crippen LogP contribution in [0.3, 0.4) is 0 Å². The molecule has 0 unspecified atom stereocenters. The Balaban J connectivity index is 2.58. The highest BCUT2D eigenvalue weighted by molar-refractivity contribution is 5.21. The summed E-state index contributed by atoms with van der Waals surface area (Å²) in [4.78, 5) is 3.95. The molecular formula is C8H15N3O. The zero-order chi connectivity index (χ0) is 9.14. The molecule has 0 aromatic carbocycles. The molecule has 0 spiro atoms. The quantitative estimate of drug-likeness (QED) is 0.732. The predicted octanol–water partition coefficient (Wildman–Crippen LogP) is 0.927. The number of imidazole rings is 1. The second kappa shape index (κ2) is 3.58. The van der Waals surface area contributed by atoms with Gasteiger partial charge >= 0.3 is 0 Å². The van der Waals surface area contributed by atoms with Gasteiger partial charge in [-0.25, -0.2) is 4.98 Å². The lowest BCUT2D eigenvalue weighted by Gasteiger charge is -2.07. The number of ether oxygens (including phenoxy) is 1. The Hall–Kier alpha value is -1.03. The van der Waals surface area contributed by atoms with E-state index in [1.807, 2.05) is 25.5 Å². The van der Waals surface area contributed by atoms with Crippen LogP contribution in [0.1, 0.15) is 19.5 Å². The summed E-state index contributed by atoms with van der Waals surface area (Å²) in [6.45, 7) is 4.57. The Bertz CT molecular complexity index is 255. The molecule has 0 amide bonds. The van der Waals surface area contributed by atoms with Gasteiger partial charge in [-0.3, -0.25) is 0 Å². The molecule has 0 aliphatic rings. The van der Waals surface area contributed by atoms with E-state index in [0.717, 1.165) is 5.69 Å². The summed E-state index contributed by atoms with van der Waals surface area (Å²) >= 11 is 0. The van der Waals surface area contributed by atoms with Crippen molar-refractivity contribution in [2.24, 2.45) is 7.05 Å². The molecular weight excluding hydrogens is 154 g/mol. The molecule has 1 aromatic heterocycles. The minimum atomic E-state index is 0.237. The first-order chi connectivity index (χ1) is 5.61. The monoisotopic (exact) mass is 169 g/mol. The fraction of sp³-hybridized carbons (Fsp3) is 0.625. The van der Waals surface area contributed by atoms with E-state index in [1.54, 1.807) is 6.20 Å². The van der Waals surface area contributed by atoms with Crippen molar-refractivity contribution in [3.8, 4) is 0 Å². The maximum absolute atomic E-state index is 5.54. The van der Waals surface area contributed by atoms with Crippen molar-refractivity contribution in [2.45, 2.75) is 26.6 Å². The van der Waals surface area contributed by atoms with E-state index >= 15 is 0 Å². The van der Waals surface area contributed by atoms with Crippen molar-refractivity contribution in [1.82, 2.24) is 9.55 Å². The van der Waals surface area contributed by atoms with Gasteiger partial charge in [0.2, 0.25) is 0 Å². The van der Waals surface area contributed by atoms with Crippen LogP contribution in [0, 0.1) is 0 Å². The van der Waals surface area contributed by atoms with Gasteiger partial charge in [-0.15, -0.1) is 0 Å². The van der Waals surface area contributed by atoms with E-state index in [-0.39, 0.29) is 6.10 Å². The second-order valence-electron chi connectivity index (χ2n) is 3.03. The largest absolute Gasteiger partial charge is 0.373 e. The van der Waals surface area contributed by atoms with Gasteiger partial charge in [0, 0.05) is 7.05 Å². The van der Waals surface area contributed by atoms with E-state index in [0.29, 0.717) is 12.6 Å². The molecule has 1 heterocycles. The number of nitrogens with zero attached hydrogens (tertiary/aromatic N) is 2. The van der Waals surface area contributed by atoms with Gasteiger partial charge in [0.15, 0.2) is 5.95 Å². The number of nitrogen functional groups attached to an aromatic ring is 1. The van der Waals surface area contributed by atoms with Crippen LogP contribution in [0.15, 0.2) is 6.20 Å². The summed E-state index contributed by atoms with van der Waals surface area (Å²) in [5.74, 6) is 0.525. The molecule has 2 N–H and O–H groups in total. The molecule has 0 bridgehead atoms. The molecule has 1 aromatic rings. The van der Waals surface area contributed by atoms with Gasteiger partial charge in [0.1, 0.15) is 0 Å². The fourth-order valence-electron chi connectivity index (χ4n) is 0.847. The van der Waals surface area contributed by atoms with E-state index in [9.17, 15) is 0 Å². The van der Waals surface area contributed by atoms with Crippen molar-refractivity contribution in [2.75, 3.05) is 5.73 Å². The van der Waals surface area contributed by atoms with Gasteiger partial charge in [0.25, 0.3) is 0 Å². The lowest BCUT2D eigenvalue weighted by Crippen LogP contribution is -2.06. The van der Waals surface area contributed by atoms with Crippen molar-refractivity contribution in [1.29, 1.82) is 0 Å². The average molecular weight is 169 g/mol. The van der Waals surface area contributed by atoms with Gasteiger partial charge < -0.3 is 15.0 Å². The Labute approximate surface area is 72.3 Å². The fourth-order valence-corrected chi connectivity index (χ4v) is 0.847. The molecule has 0 radical (unpaired) electrons. The Morgan fingerprint density at radius 3 is 2.75 bits per heavy atom. The Morgan fingerprint density at radius 2 is 2.33 bits per heavy atom. The third-order valence-electron chi connectivity index (χ3n) is 1.68. The zero-order valence-electron chi connectivity index (χ0n) is 7.74. The maximum Gasteiger partial charge on any atom is 0.200 e. The third-order valence-corrected chi connectivity index (χ3v) is 1.68. The van der Waals surface area contributed by atoms with Crippen molar-refractivity contribution in [3.63, 3.8) is 0 Å². The number of hydrogen-bond acceptors (Lipinski definition) is 3. The standard InChI is InChI=1S/C8H15N3O/c1-6(2)12-5-7-4-10-8(9)11(7)3/h4,6H,5H2,1-3H3,(H2,9,10). The summed E-state index contributed by atoms with van der Waals surface area (Å²) in [5, 5.41) is 0. The van der Waals surface area contributed by atoms with Crippen LogP contribution in [-0.4, -0.2) is 15.7 Å².